The van der Waals surface area contributed by atoms with Crippen LogP contribution >= 0.6 is 0 Å². The lowest BCUT2D eigenvalue weighted by molar-refractivity contribution is 0.0696. The van der Waals surface area contributed by atoms with E-state index >= 15 is 0 Å². The number of carboxylic acids is 1. The molecule has 1 aliphatic carbocycles. The fourth-order valence-electron chi connectivity index (χ4n) is 6.03. The van der Waals surface area contributed by atoms with E-state index in [1.54, 1.807) is 12.1 Å². The molecule has 6 rings (SSSR count). The molecular formula is C38H36N2O3. The zero-order valence-electron chi connectivity index (χ0n) is 24.6. The molecular weight excluding hydrogens is 532 g/mol. The largest absolute Gasteiger partial charge is 0.478 e. The molecule has 0 saturated heterocycles. The molecule has 1 unspecified atom stereocenters. The van der Waals surface area contributed by atoms with Crippen molar-refractivity contribution < 1.29 is 14.6 Å². The third-order valence-electron chi connectivity index (χ3n) is 8.23. The lowest BCUT2D eigenvalue weighted by atomic mass is 9.84. The van der Waals surface area contributed by atoms with Crippen molar-refractivity contribution in [3.05, 3.63) is 161 Å². The molecule has 1 heterocycles. The Hall–Kier alpha value is -4.87. The van der Waals surface area contributed by atoms with Crippen LogP contribution in [-0.4, -0.2) is 35.1 Å². The highest BCUT2D eigenvalue weighted by atomic mass is 16.5. The molecule has 0 amide bonds. The van der Waals surface area contributed by atoms with Gasteiger partial charge in [-0.1, -0.05) is 105 Å². The number of hydrogen-bond donors (Lipinski definition) is 1. The van der Waals surface area contributed by atoms with Gasteiger partial charge in [-0.2, -0.15) is 0 Å². The van der Waals surface area contributed by atoms with E-state index in [-0.39, 0.29) is 11.6 Å². The van der Waals surface area contributed by atoms with Gasteiger partial charge in [-0.05, 0) is 60.1 Å². The van der Waals surface area contributed by atoms with Gasteiger partial charge in [-0.25, -0.2) is 4.79 Å². The van der Waals surface area contributed by atoms with Crippen LogP contribution in [0.3, 0.4) is 0 Å². The molecule has 0 spiro atoms. The van der Waals surface area contributed by atoms with Crippen LogP contribution in [0, 0.1) is 0 Å². The zero-order valence-corrected chi connectivity index (χ0v) is 24.6. The summed E-state index contributed by atoms with van der Waals surface area (Å²) in [7, 11) is 0. The van der Waals surface area contributed by atoms with Crippen molar-refractivity contribution in [3.8, 4) is 5.75 Å². The number of carbonyl (C=O) groups is 1. The van der Waals surface area contributed by atoms with Crippen LogP contribution in [0.2, 0.25) is 0 Å². The molecule has 0 radical (unpaired) electrons. The Kier molecular flexibility index (Phi) is 8.25. The molecule has 1 aliphatic heterocycles. The van der Waals surface area contributed by atoms with Gasteiger partial charge in [-0.3, -0.25) is 4.90 Å². The van der Waals surface area contributed by atoms with E-state index in [1.165, 1.54) is 11.1 Å². The quantitative estimate of drug-likeness (QED) is 0.210. The number of nitrogens with zero attached hydrogens (tertiary/aromatic N) is 2. The van der Waals surface area contributed by atoms with Crippen LogP contribution in [0.4, 0.5) is 5.69 Å². The molecule has 4 aromatic carbocycles. The lowest BCUT2D eigenvalue weighted by Gasteiger charge is -2.33. The summed E-state index contributed by atoms with van der Waals surface area (Å²) in [6.07, 6.45) is 6.44. The first-order valence-electron chi connectivity index (χ1n) is 14.9. The fourth-order valence-corrected chi connectivity index (χ4v) is 6.03. The lowest BCUT2D eigenvalue weighted by Crippen LogP contribution is -2.34. The molecule has 2 aliphatic rings. The SMILES string of the molecule is CCN(CC)C1C=CC2=C(c3ccccc3C(=O)O)c3cc(N(Cc4ccccc4)Cc4ccccc4)ccc3OC2=C1. The third kappa shape index (κ3) is 5.90. The van der Waals surface area contributed by atoms with Gasteiger partial charge in [-0.15, -0.1) is 0 Å². The number of aromatic carboxylic acids is 1. The molecule has 0 aromatic heterocycles. The molecule has 43 heavy (non-hydrogen) atoms. The summed E-state index contributed by atoms with van der Waals surface area (Å²) < 4.78 is 6.59. The number of fused-ring (bicyclic) bond motifs is 2. The van der Waals surface area contributed by atoms with E-state index in [9.17, 15) is 9.90 Å². The number of carboxylic acid groups (broad SMARTS) is 1. The van der Waals surface area contributed by atoms with E-state index in [2.05, 4.69) is 103 Å². The maximum atomic E-state index is 12.4. The van der Waals surface area contributed by atoms with Gasteiger partial charge in [0.15, 0.2) is 0 Å². The number of allylic oxidation sites excluding steroid dienone is 1. The maximum Gasteiger partial charge on any atom is 0.336 e. The normalized spacial score (nSPS) is 15.4. The van der Waals surface area contributed by atoms with Crippen LogP contribution in [0.15, 0.2) is 133 Å². The first-order valence-corrected chi connectivity index (χ1v) is 14.9. The number of ether oxygens (including phenoxy) is 1. The molecule has 0 fully saturated rings. The van der Waals surface area contributed by atoms with Crippen molar-refractivity contribution in [2.75, 3.05) is 18.0 Å². The molecule has 4 aromatic rings. The summed E-state index contributed by atoms with van der Waals surface area (Å²) in [6.45, 7) is 7.60. The van der Waals surface area contributed by atoms with Gasteiger partial charge in [0.2, 0.25) is 0 Å². The maximum absolute atomic E-state index is 12.4. The Morgan fingerprint density at radius 2 is 1.42 bits per heavy atom. The smallest absolute Gasteiger partial charge is 0.336 e. The van der Waals surface area contributed by atoms with Crippen molar-refractivity contribution in [1.82, 2.24) is 4.90 Å². The van der Waals surface area contributed by atoms with Gasteiger partial charge in [0.05, 0.1) is 11.6 Å². The van der Waals surface area contributed by atoms with Crippen molar-refractivity contribution in [1.29, 1.82) is 0 Å². The Labute approximate surface area is 253 Å². The number of hydrogen-bond acceptors (Lipinski definition) is 4. The molecule has 0 bridgehead atoms. The zero-order chi connectivity index (χ0) is 29.8. The van der Waals surface area contributed by atoms with Crippen LogP contribution in [0.5, 0.6) is 5.75 Å². The monoisotopic (exact) mass is 568 g/mol. The van der Waals surface area contributed by atoms with Crippen LogP contribution in [0.25, 0.3) is 5.57 Å². The van der Waals surface area contributed by atoms with Crippen LogP contribution < -0.4 is 9.64 Å². The molecule has 5 nitrogen and oxygen atoms in total. The van der Waals surface area contributed by atoms with Crippen molar-refractivity contribution in [2.24, 2.45) is 0 Å². The predicted octanol–water partition coefficient (Wildman–Crippen LogP) is 7.95. The number of anilines is 1. The van der Waals surface area contributed by atoms with Gasteiger partial charge in [0.1, 0.15) is 11.5 Å². The second-order valence-corrected chi connectivity index (χ2v) is 10.9. The Bertz CT molecular complexity index is 1660. The molecule has 1 N–H and O–H groups in total. The highest BCUT2D eigenvalue weighted by molar-refractivity contribution is 6.00. The molecule has 216 valence electrons. The van der Waals surface area contributed by atoms with E-state index in [0.717, 1.165) is 60.1 Å². The average Bonchev–Trinajstić information content (AvgIpc) is 3.04. The molecule has 1 atom stereocenters. The molecule has 0 saturated carbocycles. The number of likely N-dealkylation sites (N-methyl/N-ethyl adjacent to an activating group) is 1. The number of benzene rings is 4. The summed E-state index contributed by atoms with van der Waals surface area (Å²) in [5, 5.41) is 10.2. The Morgan fingerprint density at radius 1 is 0.791 bits per heavy atom. The van der Waals surface area contributed by atoms with Gasteiger partial charge in [0, 0.05) is 35.5 Å². The van der Waals surface area contributed by atoms with E-state index < -0.39 is 5.97 Å². The minimum absolute atomic E-state index is 0.109. The topological polar surface area (TPSA) is 53.0 Å². The highest BCUT2D eigenvalue weighted by Gasteiger charge is 2.30. The first kappa shape index (κ1) is 28.3. The minimum Gasteiger partial charge on any atom is -0.478 e. The summed E-state index contributed by atoms with van der Waals surface area (Å²) in [6, 6.07) is 34.6. The minimum atomic E-state index is -0.950. The third-order valence-corrected chi connectivity index (χ3v) is 8.23. The van der Waals surface area contributed by atoms with E-state index in [1.807, 2.05) is 30.3 Å². The predicted molar refractivity (Wildman–Crippen MR) is 173 cm³/mol. The molecule has 5 heteroatoms. The average molecular weight is 569 g/mol. The first-order chi connectivity index (χ1) is 21.1. The summed E-state index contributed by atoms with van der Waals surface area (Å²) >= 11 is 0. The van der Waals surface area contributed by atoms with Gasteiger partial charge < -0.3 is 14.7 Å². The summed E-state index contributed by atoms with van der Waals surface area (Å²) in [4.78, 5) is 17.2. The standard InChI is InChI=1S/C38H36N2O3/c1-3-39(4-2)30-19-21-33-36(24-30)43-35-22-20-29(23-34(35)37(33)31-17-11-12-18-32(31)38(41)42)40(25-27-13-7-5-8-14-27)26-28-15-9-6-10-16-28/h5-24,30H,3-4,25-26H2,1-2H3,(H,41,42). The Morgan fingerprint density at radius 3 is 2.05 bits per heavy atom. The van der Waals surface area contributed by atoms with Gasteiger partial charge >= 0.3 is 5.97 Å². The Balaban J connectivity index is 1.50. The van der Waals surface area contributed by atoms with Gasteiger partial charge in [0.25, 0.3) is 0 Å². The van der Waals surface area contributed by atoms with E-state index in [0.29, 0.717) is 5.56 Å². The second kappa shape index (κ2) is 12.6. The fraction of sp³-hybridized carbons (Fsp3) is 0.184. The highest BCUT2D eigenvalue weighted by Crippen LogP contribution is 2.45. The van der Waals surface area contributed by atoms with Crippen molar-refractivity contribution >= 4 is 17.2 Å². The second-order valence-electron chi connectivity index (χ2n) is 10.9. The summed E-state index contributed by atoms with van der Waals surface area (Å²) in [5.41, 5.74) is 7.08. The van der Waals surface area contributed by atoms with Crippen LogP contribution in [-0.2, 0) is 13.1 Å². The van der Waals surface area contributed by atoms with Crippen molar-refractivity contribution in [2.45, 2.75) is 33.0 Å². The summed E-state index contributed by atoms with van der Waals surface area (Å²) in [5.74, 6) is 0.538. The van der Waals surface area contributed by atoms with Crippen molar-refractivity contribution in [3.63, 3.8) is 0 Å². The van der Waals surface area contributed by atoms with Crippen LogP contribution in [0.1, 0.15) is 46.5 Å². The van der Waals surface area contributed by atoms with E-state index in [4.69, 9.17) is 4.74 Å². The number of rotatable bonds is 10.